The second kappa shape index (κ2) is 5.67. The molecule has 0 amide bonds. The standard InChI is InChI=1S/C21H15Cl2NO4/c22-14-9-8-11(10-15(14)23)24-16-6-3-7-17(25)18(16)20(27)19(26)12-4-1-2-5-13(12)21(20,24)28/h1-2,4-5,8-10,27-28H,3,6-7H2/t20-,21+/m0/s1. The number of hydrogen-bond acceptors (Lipinski definition) is 5. The number of aliphatic hydroxyl groups is 2. The normalized spacial score (nSPS) is 28.5. The maximum absolute atomic E-state index is 13.2. The summed E-state index contributed by atoms with van der Waals surface area (Å²) in [5.41, 5.74) is -3.17. The number of ketones is 2. The highest BCUT2D eigenvalue weighted by atomic mass is 35.5. The molecule has 0 bridgehead atoms. The minimum absolute atomic E-state index is 0.0199. The monoisotopic (exact) mass is 415 g/mol. The van der Waals surface area contributed by atoms with E-state index >= 15 is 0 Å². The first-order valence-electron chi connectivity index (χ1n) is 8.93. The average molecular weight is 416 g/mol. The molecule has 2 aliphatic carbocycles. The van der Waals surface area contributed by atoms with Gasteiger partial charge >= 0.3 is 0 Å². The van der Waals surface area contributed by atoms with Crippen LogP contribution in [0.15, 0.2) is 53.7 Å². The Balaban J connectivity index is 1.86. The van der Waals surface area contributed by atoms with Gasteiger partial charge in [0, 0.05) is 28.9 Å². The van der Waals surface area contributed by atoms with E-state index in [1.54, 1.807) is 42.5 Å². The summed E-state index contributed by atoms with van der Waals surface area (Å²) < 4.78 is 0. The van der Waals surface area contributed by atoms with Gasteiger partial charge in [0.15, 0.2) is 5.78 Å². The number of Topliss-reactive ketones (excluding diaryl/α,β-unsaturated/α-hetero) is 2. The first-order valence-corrected chi connectivity index (χ1v) is 9.68. The molecule has 5 nitrogen and oxygen atoms in total. The van der Waals surface area contributed by atoms with Gasteiger partial charge in [-0.2, -0.15) is 0 Å². The van der Waals surface area contributed by atoms with Crippen molar-refractivity contribution in [1.29, 1.82) is 0 Å². The molecule has 2 atom stereocenters. The van der Waals surface area contributed by atoms with E-state index in [0.717, 1.165) is 0 Å². The van der Waals surface area contributed by atoms with Gasteiger partial charge in [-0.15, -0.1) is 0 Å². The molecule has 2 aromatic rings. The Kier molecular flexibility index (Phi) is 3.62. The zero-order valence-corrected chi connectivity index (χ0v) is 16.1. The molecule has 0 spiro atoms. The highest BCUT2D eigenvalue weighted by molar-refractivity contribution is 6.42. The first kappa shape index (κ1) is 17.9. The topological polar surface area (TPSA) is 77.8 Å². The number of anilines is 1. The number of carbonyl (C=O) groups is 2. The molecular weight excluding hydrogens is 401 g/mol. The van der Waals surface area contributed by atoms with Gasteiger partial charge in [-0.25, -0.2) is 0 Å². The minimum atomic E-state index is -2.37. The van der Waals surface area contributed by atoms with Crippen LogP contribution < -0.4 is 4.90 Å². The highest BCUT2D eigenvalue weighted by Gasteiger charge is 2.73. The fraction of sp³-hybridized carbons (Fsp3) is 0.238. The summed E-state index contributed by atoms with van der Waals surface area (Å²) in [5.74, 6) is -0.998. The Morgan fingerprint density at radius 3 is 2.46 bits per heavy atom. The van der Waals surface area contributed by atoms with Crippen LogP contribution in [-0.2, 0) is 10.5 Å². The van der Waals surface area contributed by atoms with Crippen molar-refractivity contribution in [1.82, 2.24) is 0 Å². The molecule has 0 saturated carbocycles. The third-order valence-electron chi connectivity index (χ3n) is 5.88. The predicted octanol–water partition coefficient (Wildman–Crippen LogP) is 3.59. The van der Waals surface area contributed by atoms with E-state index in [0.29, 0.717) is 29.2 Å². The quantitative estimate of drug-likeness (QED) is 0.743. The second-order valence-corrected chi connectivity index (χ2v) is 8.10. The van der Waals surface area contributed by atoms with E-state index in [1.165, 1.54) is 4.90 Å². The molecule has 0 aromatic heterocycles. The molecule has 1 heterocycles. The zero-order valence-electron chi connectivity index (χ0n) is 14.6. The summed E-state index contributed by atoms with van der Waals surface area (Å²) in [7, 11) is 0. The maximum atomic E-state index is 13.2. The van der Waals surface area contributed by atoms with Gasteiger partial charge in [-0.3, -0.25) is 9.59 Å². The van der Waals surface area contributed by atoms with Gasteiger partial charge in [-0.1, -0.05) is 47.5 Å². The van der Waals surface area contributed by atoms with Crippen molar-refractivity contribution in [3.8, 4) is 0 Å². The lowest BCUT2D eigenvalue weighted by Gasteiger charge is -2.40. The van der Waals surface area contributed by atoms with Crippen LogP contribution in [0.5, 0.6) is 0 Å². The molecular formula is C21H15Cl2NO4. The number of fused-ring (bicyclic) bond motifs is 4. The van der Waals surface area contributed by atoms with Crippen molar-refractivity contribution >= 4 is 40.5 Å². The van der Waals surface area contributed by atoms with Crippen molar-refractivity contribution in [2.75, 3.05) is 4.90 Å². The summed E-state index contributed by atoms with van der Waals surface area (Å²) in [6.45, 7) is 0. The number of allylic oxidation sites excluding steroid dienone is 1. The number of nitrogens with zero attached hydrogens (tertiary/aromatic N) is 1. The predicted molar refractivity (Wildman–Crippen MR) is 104 cm³/mol. The van der Waals surface area contributed by atoms with E-state index < -0.39 is 17.1 Å². The van der Waals surface area contributed by atoms with E-state index in [4.69, 9.17) is 23.2 Å². The summed E-state index contributed by atoms with van der Waals surface area (Å²) in [6.07, 6.45) is 1.23. The molecule has 0 unspecified atom stereocenters. The van der Waals surface area contributed by atoms with Crippen LogP contribution in [-0.4, -0.2) is 27.4 Å². The summed E-state index contributed by atoms with van der Waals surface area (Å²) >= 11 is 12.2. The Bertz CT molecular complexity index is 1110. The largest absolute Gasteiger partial charge is 0.372 e. The smallest absolute Gasteiger partial charge is 0.211 e. The molecule has 2 N–H and O–H groups in total. The zero-order chi connectivity index (χ0) is 19.8. The molecule has 3 aliphatic rings. The highest BCUT2D eigenvalue weighted by Crippen LogP contribution is 2.60. The Hall–Kier alpha value is -2.18. The van der Waals surface area contributed by atoms with Crippen LogP contribution in [0, 0.1) is 0 Å². The van der Waals surface area contributed by atoms with Crippen LogP contribution in [0.3, 0.4) is 0 Å². The number of hydrogen-bond donors (Lipinski definition) is 2. The number of benzene rings is 2. The summed E-state index contributed by atoms with van der Waals surface area (Å²) in [6, 6.07) is 11.3. The average Bonchev–Trinajstić information content (AvgIpc) is 2.99. The molecule has 5 rings (SSSR count). The van der Waals surface area contributed by atoms with Crippen molar-refractivity contribution < 1.29 is 19.8 Å². The van der Waals surface area contributed by atoms with Crippen molar-refractivity contribution in [2.45, 2.75) is 30.6 Å². The molecule has 0 saturated heterocycles. The maximum Gasteiger partial charge on any atom is 0.211 e. The van der Waals surface area contributed by atoms with E-state index in [9.17, 15) is 19.8 Å². The Labute approximate surface area is 170 Å². The SMILES string of the molecule is O=C1CCCC2=C1[C@]1(O)C(=O)c3ccccc3[C@]1(O)N2c1ccc(Cl)c(Cl)c1. The lowest BCUT2D eigenvalue weighted by atomic mass is 9.80. The molecule has 142 valence electrons. The summed E-state index contributed by atoms with van der Waals surface area (Å²) in [4.78, 5) is 27.5. The molecule has 0 radical (unpaired) electrons. The molecule has 0 fully saturated rings. The first-order chi connectivity index (χ1) is 13.3. The lowest BCUT2D eigenvalue weighted by Crippen LogP contribution is -2.58. The molecule has 28 heavy (non-hydrogen) atoms. The van der Waals surface area contributed by atoms with Crippen LogP contribution in [0.2, 0.25) is 10.0 Å². The van der Waals surface area contributed by atoms with Crippen LogP contribution in [0.4, 0.5) is 5.69 Å². The second-order valence-electron chi connectivity index (χ2n) is 7.29. The van der Waals surface area contributed by atoms with Gasteiger partial charge in [0.2, 0.25) is 17.1 Å². The molecule has 1 aliphatic heterocycles. The van der Waals surface area contributed by atoms with E-state index in [2.05, 4.69) is 0 Å². The molecule has 7 heteroatoms. The van der Waals surface area contributed by atoms with Gasteiger partial charge in [0.1, 0.15) is 0 Å². The van der Waals surface area contributed by atoms with E-state index in [-0.39, 0.29) is 33.9 Å². The minimum Gasteiger partial charge on any atom is -0.372 e. The number of rotatable bonds is 1. The van der Waals surface area contributed by atoms with Crippen molar-refractivity contribution in [2.24, 2.45) is 0 Å². The lowest BCUT2D eigenvalue weighted by molar-refractivity contribution is -0.123. The third-order valence-corrected chi connectivity index (χ3v) is 6.62. The van der Waals surface area contributed by atoms with Gasteiger partial charge in [0.05, 0.1) is 15.6 Å². The van der Waals surface area contributed by atoms with Crippen molar-refractivity contribution in [3.63, 3.8) is 0 Å². The van der Waals surface area contributed by atoms with Gasteiger partial charge in [0.25, 0.3) is 0 Å². The number of carbonyl (C=O) groups excluding carboxylic acids is 2. The number of halogens is 2. The Morgan fingerprint density at radius 1 is 0.964 bits per heavy atom. The summed E-state index contributed by atoms with van der Waals surface area (Å²) in [5, 5.41) is 24.1. The van der Waals surface area contributed by atoms with Gasteiger partial charge in [-0.05, 0) is 31.0 Å². The fourth-order valence-electron chi connectivity index (χ4n) is 4.73. The van der Waals surface area contributed by atoms with Gasteiger partial charge < -0.3 is 15.1 Å². The van der Waals surface area contributed by atoms with Crippen LogP contribution >= 0.6 is 23.2 Å². The molecule has 2 aromatic carbocycles. The van der Waals surface area contributed by atoms with E-state index in [1.807, 2.05) is 0 Å². The van der Waals surface area contributed by atoms with Crippen LogP contribution in [0.1, 0.15) is 35.2 Å². The Morgan fingerprint density at radius 2 is 1.71 bits per heavy atom. The fourth-order valence-corrected chi connectivity index (χ4v) is 5.02. The van der Waals surface area contributed by atoms with Crippen molar-refractivity contribution in [3.05, 3.63) is 74.9 Å². The third kappa shape index (κ3) is 1.90. The van der Waals surface area contributed by atoms with Crippen LogP contribution in [0.25, 0.3) is 0 Å².